The van der Waals surface area contributed by atoms with E-state index in [0.29, 0.717) is 38.2 Å². The molecule has 32 heavy (non-hydrogen) atoms. The summed E-state index contributed by atoms with van der Waals surface area (Å²) in [7, 11) is 0. The number of hydrogen-bond donors (Lipinski definition) is 0. The highest BCUT2D eigenvalue weighted by atomic mass is 32.1. The van der Waals surface area contributed by atoms with Crippen molar-refractivity contribution in [3.8, 4) is 11.5 Å². The van der Waals surface area contributed by atoms with Crippen LogP contribution >= 0.6 is 11.3 Å². The summed E-state index contributed by atoms with van der Waals surface area (Å²) in [5.74, 6) is 1.37. The third kappa shape index (κ3) is 4.24. The number of anilines is 1. The van der Waals surface area contributed by atoms with E-state index in [2.05, 4.69) is 4.98 Å². The number of benzene rings is 3. The van der Waals surface area contributed by atoms with Crippen LogP contribution < -0.4 is 9.64 Å². The van der Waals surface area contributed by atoms with Crippen LogP contribution in [0.15, 0.2) is 95.6 Å². The van der Waals surface area contributed by atoms with Crippen molar-refractivity contribution in [3.05, 3.63) is 108 Å². The minimum absolute atomic E-state index is 0.205. The molecule has 0 unspecified atom stereocenters. The summed E-state index contributed by atoms with van der Waals surface area (Å²) in [4.78, 5) is 19.5. The first-order chi connectivity index (χ1) is 15.7. The van der Waals surface area contributed by atoms with Crippen LogP contribution in [0.3, 0.4) is 0 Å². The summed E-state index contributed by atoms with van der Waals surface area (Å²) in [6, 6.07) is 24.3. The highest BCUT2D eigenvalue weighted by Crippen LogP contribution is 2.32. The van der Waals surface area contributed by atoms with Gasteiger partial charge in [-0.1, -0.05) is 29.5 Å². The van der Waals surface area contributed by atoms with Crippen molar-refractivity contribution in [1.82, 2.24) is 4.98 Å². The van der Waals surface area contributed by atoms with Crippen molar-refractivity contribution in [2.75, 3.05) is 4.90 Å². The monoisotopic (exact) mass is 444 g/mol. The number of thiazole rings is 1. The fourth-order valence-corrected chi connectivity index (χ4v) is 4.22. The van der Waals surface area contributed by atoms with Crippen molar-refractivity contribution in [3.63, 3.8) is 0 Å². The molecule has 5 nitrogen and oxygen atoms in total. The first-order valence-electron chi connectivity index (χ1n) is 9.89. The Labute approximate surface area is 187 Å². The molecule has 0 atom stereocenters. The Morgan fingerprint density at radius 1 is 0.969 bits per heavy atom. The molecule has 5 rings (SSSR count). The molecule has 0 aliphatic carbocycles. The predicted molar refractivity (Wildman–Crippen MR) is 122 cm³/mol. The standard InChI is InChI=1S/C25H17FN2O3S/c26-18-10-13-22-23(15-18)32-25(27-22)28(16-21-7-4-14-30-21)24(29)17-8-11-20(12-9-17)31-19-5-2-1-3-6-19/h1-15H,16H2. The number of rotatable bonds is 6. The van der Waals surface area contributed by atoms with Crippen molar-refractivity contribution >= 4 is 32.6 Å². The van der Waals surface area contributed by atoms with Crippen LogP contribution in [0.2, 0.25) is 0 Å². The van der Waals surface area contributed by atoms with Gasteiger partial charge in [0, 0.05) is 5.56 Å². The molecule has 0 saturated heterocycles. The molecule has 0 N–H and O–H groups in total. The van der Waals surface area contributed by atoms with Gasteiger partial charge < -0.3 is 9.15 Å². The quantitative estimate of drug-likeness (QED) is 0.294. The zero-order chi connectivity index (χ0) is 21.9. The average molecular weight is 444 g/mol. The van der Waals surface area contributed by atoms with E-state index in [0.717, 1.165) is 0 Å². The summed E-state index contributed by atoms with van der Waals surface area (Å²) >= 11 is 1.26. The van der Waals surface area contributed by atoms with Gasteiger partial charge in [-0.05, 0) is 66.7 Å². The van der Waals surface area contributed by atoms with Crippen LogP contribution in [-0.4, -0.2) is 10.9 Å². The summed E-state index contributed by atoms with van der Waals surface area (Å²) in [6.45, 7) is 0.205. The number of halogens is 1. The van der Waals surface area contributed by atoms with E-state index >= 15 is 0 Å². The first kappa shape index (κ1) is 20.0. The second-order valence-corrected chi connectivity index (χ2v) is 8.03. The smallest absolute Gasteiger partial charge is 0.260 e. The number of aromatic nitrogens is 1. The second kappa shape index (κ2) is 8.64. The fraction of sp³-hybridized carbons (Fsp3) is 0.0400. The molecule has 3 aromatic carbocycles. The van der Waals surface area contributed by atoms with Gasteiger partial charge in [0.25, 0.3) is 5.91 Å². The Morgan fingerprint density at radius 2 is 1.75 bits per heavy atom. The summed E-state index contributed by atoms with van der Waals surface area (Å²) in [6.07, 6.45) is 1.56. The van der Waals surface area contributed by atoms with E-state index in [4.69, 9.17) is 9.15 Å². The van der Waals surface area contributed by atoms with Gasteiger partial charge in [-0.3, -0.25) is 9.69 Å². The topological polar surface area (TPSA) is 55.6 Å². The lowest BCUT2D eigenvalue weighted by Gasteiger charge is -2.19. The molecule has 0 fully saturated rings. The van der Waals surface area contributed by atoms with Crippen LogP contribution in [0.1, 0.15) is 16.1 Å². The lowest BCUT2D eigenvalue weighted by molar-refractivity contribution is 0.0983. The minimum Gasteiger partial charge on any atom is -0.467 e. The van der Waals surface area contributed by atoms with E-state index in [9.17, 15) is 9.18 Å². The third-order valence-corrected chi connectivity index (χ3v) is 5.83. The molecular formula is C25H17FN2O3S. The molecule has 0 radical (unpaired) electrons. The molecule has 2 heterocycles. The first-order valence-corrected chi connectivity index (χ1v) is 10.7. The normalized spacial score (nSPS) is 10.9. The van der Waals surface area contributed by atoms with Crippen LogP contribution in [0.25, 0.3) is 10.2 Å². The number of para-hydroxylation sites is 1. The molecule has 7 heteroatoms. The summed E-state index contributed by atoms with van der Waals surface area (Å²) in [5, 5.41) is 0.469. The van der Waals surface area contributed by atoms with E-state index in [1.54, 1.807) is 48.7 Å². The second-order valence-electron chi connectivity index (χ2n) is 7.02. The number of carbonyl (C=O) groups excluding carboxylic acids is 1. The van der Waals surface area contributed by atoms with Crippen molar-refractivity contribution in [2.45, 2.75) is 6.54 Å². The molecule has 0 spiro atoms. The molecule has 0 aliphatic rings. The molecule has 0 aliphatic heterocycles. The molecule has 2 aromatic heterocycles. The van der Waals surface area contributed by atoms with Crippen molar-refractivity contribution in [1.29, 1.82) is 0 Å². The third-order valence-electron chi connectivity index (χ3n) is 4.79. The molecular weight excluding hydrogens is 427 g/mol. The van der Waals surface area contributed by atoms with Gasteiger partial charge in [-0.2, -0.15) is 0 Å². The molecule has 5 aromatic rings. The number of carbonyl (C=O) groups is 1. The van der Waals surface area contributed by atoms with E-state index in [-0.39, 0.29) is 18.3 Å². The predicted octanol–water partition coefficient (Wildman–Crippen LogP) is 6.67. The largest absolute Gasteiger partial charge is 0.467 e. The molecule has 1 amide bonds. The van der Waals surface area contributed by atoms with Gasteiger partial charge in [-0.25, -0.2) is 9.37 Å². The van der Waals surface area contributed by atoms with Crippen molar-refractivity contribution in [2.24, 2.45) is 0 Å². The van der Waals surface area contributed by atoms with E-state index < -0.39 is 0 Å². The van der Waals surface area contributed by atoms with Crippen LogP contribution in [0, 0.1) is 5.82 Å². The van der Waals surface area contributed by atoms with Gasteiger partial charge in [0.15, 0.2) is 5.13 Å². The SMILES string of the molecule is O=C(c1ccc(Oc2ccccc2)cc1)N(Cc1ccco1)c1nc2ccc(F)cc2s1. The Hall–Kier alpha value is -3.97. The van der Waals surface area contributed by atoms with Crippen LogP contribution in [0.4, 0.5) is 9.52 Å². The maximum atomic E-state index is 13.6. The van der Waals surface area contributed by atoms with Crippen molar-refractivity contribution < 1.29 is 18.3 Å². The zero-order valence-corrected chi connectivity index (χ0v) is 17.6. The lowest BCUT2D eigenvalue weighted by Crippen LogP contribution is -2.30. The highest BCUT2D eigenvalue weighted by Gasteiger charge is 2.23. The van der Waals surface area contributed by atoms with Gasteiger partial charge in [0.05, 0.1) is 23.0 Å². The van der Waals surface area contributed by atoms with Gasteiger partial charge >= 0.3 is 0 Å². The van der Waals surface area contributed by atoms with Crippen LogP contribution in [-0.2, 0) is 6.54 Å². The summed E-state index contributed by atoms with van der Waals surface area (Å²) in [5.41, 5.74) is 1.11. The Morgan fingerprint density at radius 3 is 2.50 bits per heavy atom. The maximum Gasteiger partial charge on any atom is 0.260 e. The number of ether oxygens (including phenoxy) is 1. The zero-order valence-electron chi connectivity index (χ0n) is 16.8. The van der Waals surface area contributed by atoms with E-state index in [1.165, 1.54) is 28.4 Å². The number of amides is 1. The number of fused-ring (bicyclic) bond motifs is 1. The number of furan rings is 1. The van der Waals surface area contributed by atoms with Gasteiger partial charge in [0.1, 0.15) is 23.1 Å². The lowest BCUT2D eigenvalue weighted by atomic mass is 10.2. The van der Waals surface area contributed by atoms with E-state index in [1.807, 2.05) is 30.3 Å². The van der Waals surface area contributed by atoms with Crippen LogP contribution in [0.5, 0.6) is 11.5 Å². The average Bonchev–Trinajstić information content (AvgIpc) is 3.47. The molecule has 0 saturated carbocycles. The highest BCUT2D eigenvalue weighted by molar-refractivity contribution is 7.22. The molecule has 0 bridgehead atoms. The molecule has 158 valence electrons. The minimum atomic E-state index is -0.342. The van der Waals surface area contributed by atoms with Gasteiger partial charge in [0.2, 0.25) is 0 Å². The van der Waals surface area contributed by atoms with Gasteiger partial charge in [-0.15, -0.1) is 0 Å². The Bertz CT molecular complexity index is 1350. The number of nitrogens with zero attached hydrogens (tertiary/aromatic N) is 2. The fourth-order valence-electron chi connectivity index (χ4n) is 3.23. The Balaban J connectivity index is 1.44. The summed E-state index contributed by atoms with van der Waals surface area (Å²) < 4.78 is 25.6. The number of hydrogen-bond acceptors (Lipinski definition) is 5. The maximum absolute atomic E-state index is 13.6. The Kier molecular flexibility index (Phi) is 5.39.